The summed E-state index contributed by atoms with van der Waals surface area (Å²) < 4.78 is 10.4. The van der Waals surface area contributed by atoms with Gasteiger partial charge in [0.15, 0.2) is 5.69 Å². The highest BCUT2D eigenvalue weighted by molar-refractivity contribution is 5.94. The number of rotatable bonds is 5. The molecule has 0 fully saturated rings. The highest BCUT2D eigenvalue weighted by Gasteiger charge is 2.30. The van der Waals surface area contributed by atoms with Crippen LogP contribution in [0.3, 0.4) is 0 Å². The lowest BCUT2D eigenvalue weighted by atomic mass is 10.1. The van der Waals surface area contributed by atoms with E-state index in [-0.39, 0.29) is 12.0 Å². The predicted molar refractivity (Wildman–Crippen MR) is 87.8 cm³/mol. The molecule has 1 aliphatic rings. The number of nitrogens with zero attached hydrogens (tertiary/aromatic N) is 2. The molecule has 0 saturated heterocycles. The maximum atomic E-state index is 12.3. The summed E-state index contributed by atoms with van der Waals surface area (Å²) in [7, 11) is 1.62. The average Bonchev–Trinajstić information content (AvgIpc) is 2.92. The number of hydrogen-bond acceptors (Lipinski definition) is 5. The third kappa shape index (κ3) is 4.70. The minimum Gasteiger partial charge on any atom is -0.444 e. The van der Waals surface area contributed by atoms with Crippen LogP contribution in [0.15, 0.2) is 0 Å². The molecule has 2 heterocycles. The van der Waals surface area contributed by atoms with E-state index >= 15 is 0 Å². The molecule has 0 bridgehead atoms. The number of methoxy groups -OCH3 is 1. The van der Waals surface area contributed by atoms with Crippen molar-refractivity contribution in [3.8, 4) is 0 Å². The Morgan fingerprint density at radius 3 is 2.79 bits per heavy atom. The number of amides is 2. The molecule has 1 aromatic heterocycles. The zero-order chi connectivity index (χ0) is 17.7. The van der Waals surface area contributed by atoms with Crippen LogP contribution in [-0.4, -0.2) is 59.5 Å². The van der Waals surface area contributed by atoms with Gasteiger partial charge in [-0.15, -0.1) is 0 Å². The zero-order valence-electron chi connectivity index (χ0n) is 14.8. The first kappa shape index (κ1) is 18.3. The van der Waals surface area contributed by atoms with Crippen LogP contribution in [0.4, 0.5) is 4.79 Å². The minimum atomic E-state index is -0.546. The zero-order valence-corrected chi connectivity index (χ0v) is 14.8. The van der Waals surface area contributed by atoms with Crippen molar-refractivity contribution in [3.63, 3.8) is 0 Å². The summed E-state index contributed by atoms with van der Waals surface area (Å²) in [5, 5.41) is 9.84. The molecular formula is C16H26N4O4. The first-order valence-electron chi connectivity index (χ1n) is 8.13. The highest BCUT2D eigenvalue weighted by Crippen LogP contribution is 2.22. The Kier molecular flexibility index (Phi) is 5.82. The van der Waals surface area contributed by atoms with Crippen molar-refractivity contribution >= 4 is 12.0 Å². The highest BCUT2D eigenvalue weighted by atomic mass is 16.6. The lowest BCUT2D eigenvalue weighted by Gasteiger charge is -2.30. The molecule has 0 unspecified atom stereocenters. The molecule has 0 aliphatic carbocycles. The molecule has 2 rings (SSSR count). The van der Waals surface area contributed by atoms with Crippen LogP contribution in [0, 0.1) is 0 Å². The van der Waals surface area contributed by atoms with Gasteiger partial charge in [-0.3, -0.25) is 9.89 Å². The van der Waals surface area contributed by atoms with Gasteiger partial charge in [0, 0.05) is 44.5 Å². The summed E-state index contributed by atoms with van der Waals surface area (Å²) in [5.41, 5.74) is 1.46. The van der Waals surface area contributed by atoms with Crippen molar-refractivity contribution in [2.45, 2.75) is 45.8 Å². The number of carbonyl (C=O) groups excluding carboxylic acids is 2. The van der Waals surface area contributed by atoms with E-state index in [9.17, 15) is 9.59 Å². The van der Waals surface area contributed by atoms with Crippen LogP contribution in [0.1, 0.15) is 48.9 Å². The van der Waals surface area contributed by atoms with E-state index in [1.807, 2.05) is 20.8 Å². The van der Waals surface area contributed by atoms with Gasteiger partial charge in [-0.1, -0.05) is 0 Å². The maximum Gasteiger partial charge on any atom is 0.410 e. The summed E-state index contributed by atoms with van der Waals surface area (Å²) in [6.45, 7) is 7.46. The van der Waals surface area contributed by atoms with Crippen molar-refractivity contribution in [1.29, 1.82) is 0 Å². The van der Waals surface area contributed by atoms with E-state index < -0.39 is 5.60 Å². The second kappa shape index (κ2) is 7.65. The van der Waals surface area contributed by atoms with Crippen LogP contribution in [-0.2, 0) is 22.4 Å². The molecule has 0 radical (unpaired) electrons. The smallest absolute Gasteiger partial charge is 0.410 e. The summed E-state index contributed by atoms with van der Waals surface area (Å²) in [6, 6.07) is 0. The Balaban J connectivity index is 2.01. The van der Waals surface area contributed by atoms with Gasteiger partial charge >= 0.3 is 6.09 Å². The second-order valence-electron chi connectivity index (χ2n) is 6.78. The molecule has 8 heteroatoms. The van der Waals surface area contributed by atoms with Crippen LogP contribution >= 0.6 is 0 Å². The Labute approximate surface area is 141 Å². The summed E-state index contributed by atoms with van der Waals surface area (Å²) in [5.74, 6) is -0.241. The fraction of sp³-hybridized carbons (Fsp3) is 0.688. The van der Waals surface area contributed by atoms with Crippen LogP contribution in [0.5, 0.6) is 0 Å². The first-order valence-corrected chi connectivity index (χ1v) is 8.13. The number of nitrogens with one attached hydrogen (secondary N) is 2. The number of fused-ring (bicyclic) bond motifs is 1. The van der Waals surface area contributed by atoms with Crippen LogP contribution in [0.2, 0.25) is 0 Å². The third-order valence-corrected chi connectivity index (χ3v) is 3.61. The molecule has 2 amide bonds. The number of carbonyl (C=O) groups is 2. The van der Waals surface area contributed by atoms with E-state index in [4.69, 9.17) is 9.47 Å². The van der Waals surface area contributed by atoms with Gasteiger partial charge in [-0.25, -0.2) is 4.79 Å². The van der Waals surface area contributed by atoms with Crippen molar-refractivity contribution in [2.75, 3.05) is 26.8 Å². The van der Waals surface area contributed by atoms with E-state index in [0.29, 0.717) is 38.4 Å². The van der Waals surface area contributed by atoms with Gasteiger partial charge < -0.3 is 19.7 Å². The Morgan fingerprint density at radius 1 is 1.38 bits per heavy atom. The Morgan fingerprint density at radius 2 is 2.12 bits per heavy atom. The standard InChI is InChI=1S/C16H26N4O4/c1-16(2,3)24-15(22)20-8-6-12-11(10-20)13(19-18-12)14(21)17-7-5-9-23-4/h5-10H2,1-4H3,(H,17,21)(H,18,19). The van der Waals surface area contributed by atoms with Crippen molar-refractivity contribution in [1.82, 2.24) is 20.4 Å². The maximum absolute atomic E-state index is 12.3. The molecule has 1 aliphatic heterocycles. The third-order valence-electron chi connectivity index (χ3n) is 3.61. The molecule has 2 N–H and O–H groups in total. The monoisotopic (exact) mass is 338 g/mol. The largest absolute Gasteiger partial charge is 0.444 e. The summed E-state index contributed by atoms with van der Waals surface area (Å²) in [6.07, 6.45) is 0.984. The van der Waals surface area contributed by atoms with E-state index in [0.717, 1.165) is 17.7 Å². The molecule has 8 nitrogen and oxygen atoms in total. The average molecular weight is 338 g/mol. The number of hydrogen-bond donors (Lipinski definition) is 2. The van der Waals surface area contributed by atoms with Gasteiger partial charge in [0.05, 0.1) is 6.54 Å². The van der Waals surface area contributed by atoms with Gasteiger partial charge in [-0.05, 0) is 27.2 Å². The Hall–Kier alpha value is -2.09. The summed E-state index contributed by atoms with van der Waals surface area (Å²) >= 11 is 0. The number of ether oxygens (including phenoxy) is 2. The fourth-order valence-electron chi connectivity index (χ4n) is 2.47. The van der Waals surface area contributed by atoms with Crippen molar-refractivity contribution in [2.24, 2.45) is 0 Å². The number of H-pyrrole nitrogens is 1. The number of aromatic amines is 1. The van der Waals surface area contributed by atoms with Crippen LogP contribution in [0.25, 0.3) is 0 Å². The Bertz CT molecular complexity index is 591. The fourth-order valence-corrected chi connectivity index (χ4v) is 2.47. The summed E-state index contributed by atoms with van der Waals surface area (Å²) in [4.78, 5) is 26.1. The van der Waals surface area contributed by atoms with Gasteiger partial charge in [0.25, 0.3) is 5.91 Å². The van der Waals surface area contributed by atoms with E-state index in [1.165, 1.54) is 0 Å². The van der Waals surface area contributed by atoms with Gasteiger partial charge in [-0.2, -0.15) is 5.10 Å². The lowest BCUT2D eigenvalue weighted by molar-refractivity contribution is 0.0222. The molecular weight excluding hydrogens is 312 g/mol. The topological polar surface area (TPSA) is 96.5 Å². The van der Waals surface area contributed by atoms with E-state index in [1.54, 1.807) is 12.0 Å². The first-order chi connectivity index (χ1) is 11.3. The van der Waals surface area contributed by atoms with Gasteiger partial charge in [0.2, 0.25) is 0 Å². The second-order valence-corrected chi connectivity index (χ2v) is 6.78. The van der Waals surface area contributed by atoms with Crippen LogP contribution < -0.4 is 5.32 Å². The SMILES string of the molecule is COCCCNC(=O)c1n[nH]c2c1CN(C(=O)OC(C)(C)C)CC2. The quantitative estimate of drug-likeness (QED) is 0.793. The number of aromatic nitrogens is 2. The van der Waals surface area contributed by atoms with Gasteiger partial charge in [0.1, 0.15) is 5.60 Å². The molecule has 0 saturated carbocycles. The molecule has 0 spiro atoms. The van der Waals surface area contributed by atoms with Crippen molar-refractivity contribution in [3.05, 3.63) is 17.0 Å². The molecule has 1 aromatic rings. The normalized spacial score (nSPS) is 14.2. The molecule has 134 valence electrons. The van der Waals surface area contributed by atoms with Crippen molar-refractivity contribution < 1.29 is 19.1 Å². The molecule has 0 atom stereocenters. The molecule has 24 heavy (non-hydrogen) atoms. The minimum absolute atomic E-state index is 0.241. The van der Waals surface area contributed by atoms with E-state index in [2.05, 4.69) is 15.5 Å². The lowest BCUT2D eigenvalue weighted by Crippen LogP contribution is -2.40. The molecule has 0 aromatic carbocycles. The predicted octanol–water partition coefficient (Wildman–Crippen LogP) is 1.47.